The molecule has 1 N–H and O–H groups in total. The van der Waals surface area contributed by atoms with Crippen molar-refractivity contribution in [2.75, 3.05) is 3.11 Å². The number of benzene rings is 1. The van der Waals surface area contributed by atoms with Crippen LogP contribution in [-0.2, 0) is 4.79 Å². The van der Waals surface area contributed by atoms with Crippen molar-refractivity contribution in [3.05, 3.63) is 24.3 Å². The third-order valence-electron chi connectivity index (χ3n) is 1.35. The molecule has 0 unspecified atom stereocenters. The minimum absolute atomic E-state index is 0.0405. The van der Waals surface area contributed by atoms with Crippen LogP contribution in [0.3, 0.4) is 0 Å². The molecule has 1 aromatic carbocycles. The SMILES string of the molecule is CC(=O)N(I)c1ccc(O)cc1. The molecular formula is C8H8INO2. The Labute approximate surface area is 84.5 Å². The van der Waals surface area contributed by atoms with E-state index in [4.69, 9.17) is 5.11 Å². The van der Waals surface area contributed by atoms with E-state index in [-0.39, 0.29) is 11.7 Å². The van der Waals surface area contributed by atoms with Crippen molar-refractivity contribution in [2.45, 2.75) is 6.92 Å². The first-order chi connectivity index (χ1) is 5.61. The molecule has 0 aliphatic heterocycles. The van der Waals surface area contributed by atoms with Crippen LogP contribution in [-0.4, -0.2) is 11.0 Å². The van der Waals surface area contributed by atoms with Gasteiger partial charge in [-0.2, -0.15) is 0 Å². The van der Waals surface area contributed by atoms with Crippen LogP contribution in [0.15, 0.2) is 24.3 Å². The molecule has 3 nitrogen and oxygen atoms in total. The zero-order valence-electron chi connectivity index (χ0n) is 6.49. The van der Waals surface area contributed by atoms with Gasteiger partial charge in [-0.05, 0) is 24.3 Å². The van der Waals surface area contributed by atoms with Gasteiger partial charge in [-0.3, -0.25) is 7.91 Å². The molecule has 0 bridgehead atoms. The van der Waals surface area contributed by atoms with E-state index in [0.29, 0.717) is 0 Å². The summed E-state index contributed by atoms with van der Waals surface area (Å²) in [6, 6.07) is 6.46. The highest BCUT2D eigenvalue weighted by atomic mass is 127. The molecule has 64 valence electrons. The predicted octanol–water partition coefficient (Wildman–Crippen LogP) is 2.10. The molecule has 0 heterocycles. The second-order valence-electron chi connectivity index (χ2n) is 2.32. The summed E-state index contributed by atoms with van der Waals surface area (Å²) < 4.78 is 1.48. The summed E-state index contributed by atoms with van der Waals surface area (Å²) >= 11 is 1.91. The maximum Gasteiger partial charge on any atom is 0.232 e. The van der Waals surface area contributed by atoms with Crippen molar-refractivity contribution < 1.29 is 9.90 Å². The lowest BCUT2D eigenvalue weighted by atomic mass is 10.3. The second kappa shape index (κ2) is 3.75. The van der Waals surface area contributed by atoms with Gasteiger partial charge in [-0.15, -0.1) is 0 Å². The molecule has 1 rings (SSSR count). The minimum Gasteiger partial charge on any atom is -0.508 e. The Balaban J connectivity index is 2.89. The fraction of sp³-hybridized carbons (Fsp3) is 0.125. The molecule has 4 heteroatoms. The molecule has 0 saturated carbocycles. The van der Waals surface area contributed by atoms with Crippen LogP contribution in [0.2, 0.25) is 0 Å². The fourth-order valence-electron chi connectivity index (χ4n) is 0.765. The van der Waals surface area contributed by atoms with Gasteiger partial charge in [0.2, 0.25) is 5.91 Å². The summed E-state index contributed by atoms with van der Waals surface area (Å²) in [5, 5.41) is 8.97. The number of aromatic hydroxyl groups is 1. The van der Waals surface area contributed by atoms with Crippen molar-refractivity contribution >= 4 is 34.5 Å². The Hall–Kier alpha value is -0.780. The van der Waals surface area contributed by atoms with Gasteiger partial charge in [0.15, 0.2) is 0 Å². The monoisotopic (exact) mass is 277 g/mol. The van der Waals surface area contributed by atoms with Crippen LogP contribution in [0.5, 0.6) is 5.75 Å². The lowest BCUT2D eigenvalue weighted by Crippen LogP contribution is -2.15. The number of phenolic OH excluding ortho intramolecular Hbond substituents is 1. The van der Waals surface area contributed by atoms with Gasteiger partial charge in [0.25, 0.3) is 0 Å². The molecule has 0 saturated heterocycles. The largest absolute Gasteiger partial charge is 0.508 e. The minimum atomic E-state index is -0.0405. The molecular weight excluding hydrogens is 269 g/mol. The third kappa shape index (κ3) is 2.10. The first kappa shape index (κ1) is 9.31. The van der Waals surface area contributed by atoms with E-state index < -0.39 is 0 Å². The van der Waals surface area contributed by atoms with Crippen molar-refractivity contribution in [3.8, 4) is 5.75 Å². The van der Waals surface area contributed by atoms with Crippen molar-refractivity contribution in [3.63, 3.8) is 0 Å². The summed E-state index contributed by atoms with van der Waals surface area (Å²) in [5.41, 5.74) is 0.765. The van der Waals surface area contributed by atoms with Crippen LogP contribution >= 0.6 is 22.9 Å². The third-order valence-corrected chi connectivity index (χ3v) is 2.59. The van der Waals surface area contributed by atoms with E-state index in [2.05, 4.69) is 0 Å². The summed E-state index contributed by atoms with van der Waals surface area (Å²) in [6.07, 6.45) is 0. The summed E-state index contributed by atoms with van der Waals surface area (Å²) in [6.45, 7) is 1.49. The van der Waals surface area contributed by atoms with Gasteiger partial charge in [0, 0.05) is 6.92 Å². The Morgan fingerprint density at radius 1 is 1.42 bits per heavy atom. The number of amides is 1. The quantitative estimate of drug-likeness (QED) is 0.630. The number of nitrogens with zero attached hydrogens (tertiary/aromatic N) is 1. The highest BCUT2D eigenvalue weighted by Crippen LogP contribution is 2.21. The Bertz CT molecular complexity index is 284. The van der Waals surface area contributed by atoms with Crippen LogP contribution in [0.25, 0.3) is 0 Å². The predicted molar refractivity (Wildman–Crippen MR) is 55.3 cm³/mol. The molecule has 0 atom stereocenters. The van der Waals surface area contributed by atoms with Gasteiger partial charge in [-0.25, -0.2) is 0 Å². The van der Waals surface area contributed by atoms with E-state index in [1.807, 2.05) is 22.9 Å². The molecule has 0 spiro atoms. The Kier molecular flexibility index (Phi) is 2.91. The highest BCUT2D eigenvalue weighted by molar-refractivity contribution is 14.1. The van der Waals surface area contributed by atoms with Crippen LogP contribution in [0, 0.1) is 0 Å². The number of phenols is 1. The molecule has 0 aromatic heterocycles. The van der Waals surface area contributed by atoms with Crippen LogP contribution in [0.4, 0.5) is 5.69 Å². The van der Waals surface area contributed by atoms with E-state index in [9.17, 15) is 4.79 Å². The lowest BCUT2D eigenvalue weighted by molar-refractivity contribution is -0.115. The summed E-state index contributed by atoms with van der Waals surface area (Å²) in [4.78, 5) is 10.9. The smallest absolute Gasteiger partial charge is 0.232 e. The van der Waals surface area contributed by atoms with Crippen LogP contribution < -0.4 is 3.11 Å². The molecule has 1 amide bonds. The zero-order chi connectivity index (χ0) is 9.14. The molecule has 0 aliphatic carbocycles. The average Bonchev–Trinajstić information content (AvgIpc) is 2.04. The summed E-state index contributed by atoms with van der Waals surface area (Å²) in [5.74, 6) is 0.161. The topological polar surface area (TPSA) is 40.5 Å². The van der Waals surface area contributed by atoms with Crippen molar-refractivity contribution in [1.29, 1.82) is 0 Å². The van der Waals surface area contributed by atoms with Gasteiger partial charge in [-0.1, -0.05) is 0 Å². The van der Waals surface area contributed by atoms with Crippen molar-refractivity contribution in [2.24, 2.45) is 0 Å². The fourth-order valence-corrected chi connectivity index (χ4v) is 1.09. The average molecular weight is 277 g/mol. The van der Waals surface area contributed by atoms with Crippen molar-refractivity contribution in [1.82, 2.24) is 0 Å². The zero-order valence-corrected chi connectivity index (χ0v) is 8.65. The van der Waals surface area contributed by atoms with E-state index in [1.54, 1.807) is 24.3 Å². The number of anilines is 1. The number of hydrogen-bond acceptors (Lipinski definition) is 2. The Morgan fingerprint density at radius 2 is 1.92 bits per heavy atom. The first-order valence-electron chi connectivity index (χ1n) is 3.37. The molecule has 0 aliphatic rings. The maximum absolute atomic E-state index is 10.9. The highest BCUT2D eigenvalue weighted by Gasteiger charge is 2.05. The van der Waals surface area contributed by atoms with Crippen LogP contribution in [0.1, 0.15) is 6.92 Å². The Morgan fingerprint density at radius 3 is 2.33 bits per heavy atom. The maximum atomic E-state index is 10.9. The molecule has 0 radical (unpaired) electrons. The standard InChI is InChI=1S/C8H8INO2/c1-6(11)10(9)7-2-4-8(12)5-3-7/h2-5,12H,1H3. The van der Waals surface area contributed by atoms with Gasteiger partial charge < -0.3 is 5.11 Å². The number of halogens is 1. The van der Waals surface area contributed by atoms with Gasteiger partial charge in [0.05, 0.1) is 28.6 Å². The second-order valence-corrected chi connectivity index (χ2v) is 3.28. The van der Waals surface area contributed by atoms with E-state index in [1.165, 1.54) is 10.0 Å². The van der Waals surface area contributed by atoms with E-state index >= 15 is 0 Å². The lowest BCUT2D eigenvalue weighted by Gasteiger charge is -2.11. The number of hydrogen-bond donors (Lipinski definition) is 1. The molecule has 1 aromatic rings. The number of carbonyl (C=O) groups excluding carboxylic acids is 1. The molecule has 12 heavy (non-hydrogen) atoms. The first-order valence-corrected chi connectivity index (χ1v) is 4.33. The normalized spacial score (nSPS) is 9.50. The van der Waals surface area contributed by atoms with Gasteiger partial charge >= 0.3 is 0 Å². The van der Waals surface area contributed by atoms with E-state index in [0.717, 1.165) is 5.69 Å². The number of carbonyl (C=O) groups is 1. The van der Waals surface area contributed by atoms with Gasteiger partial charge in [0.1, 0.15) is 5.75 Å². The number of rotatable bonds is 1. The summed E-state index contributed by atoms with van der Waals surface area (Å²) in [7, 11) is 0. The molecule has 0 fully saturated rings.